The molecule has 3 N–H and O–H groups in total. The van der Waals surface area contributed by atoms with Crippen molar-refractivity contribution < 1.29 is 14.6 Å². The van der Waals surface area contributed by atoms with Gasteiger partial charge in [-0.1, -0.05) is 30.3 Å². The second-order valence-electron chi connectivity index (χ2n) is 4.45. The maximum Gasteiger partial charge on any atom is 0.263 e. The maximum absolute atomic E-state index is 11.8. The summed E-state index contributed by atoms with van der Waals surface area (Å²) >= 11 is 0. The third kappa shape index (κ3) is 7.43. The van der Waals surface area contributed by atoms with Crippen LogP contribution >= 0.6 is 0 Å². The number of hydrogen-bond acceptors (Lipinski definition) is 5. The second-order valence-corrected chi connectivity index (χ2v) is 4.45. The van der Waals surface area contributed by atoms with Crippen molar-refractivity contribution in [2.45, 2.75) is 6.42 Å². The Morgan fingerprint density at radius 2 is 2.05 bits per heavy atom. The summed E-state index contributed by atoms with van der Waals surface area (Å²) in [5.74, 6) is -0.401. The molecule has 1 rings (SSSR count). The molecule has 0 aliphatic carbocycles. The van der Waals surface area contributed by atoms with Gasteiger partial charge in [0.15, 0.2) is 0 Å². The molecule has 118 valence electrons. The Bertz CT molecular complexity index is 509. The number of amides is 1. The highest BCUT2D eigenvalue weighted by Gasteiger charge is 2.07. The average molecular weight is 303 g/mol. The Kier molecular flexibility index (Phi) is 9.10. The predicted octanol–water partition coefficient (Wildman–Crippen LogP) is 0.351. The third-order valence-corrected chi connectivity index (χ3v) is 2.78. The van der Waals surface area contributed by atoms with E-state index in [1.54, 1.807) is 0 Å². The minimum Gasteiger partial charge on any atom is -0.394 e. The number of aliphatic hydroxyl groups is 1. The van der Waals surface area contributed by atoms with Crippen molar-refractivity contribution in [3.05, 3.63) is 47.7 Å². The van der Waals surface area contributed by atoms with E-state index in [-0.39, 0.29) is 18.8 Å². The van der Waals surface area contributed by atoms with Crippen LogP contribution in [0.2, 0.25) is 0 Å². The van der Waals surface area contributed by atoms with E-state index >= 15 is 0 Å². The molecule has 0 fully saturated rings. The summed E-state index contributed by atoms with van der Waals surface area (Å²) in [4.78, 5) is 11.8. The summed E-state index contributed by atoms with van der Waals surface area (Å²) < 4.78 is 5.05. The number of aliphatic hydroxyl groups excluding tert-OH is 1. The lowest BCUT2D eigenvalue weighted by Gasteiger charge is -2.05. The average Bonchev–Trinajstić information content (AvgIpc) is 2.55. The molecule has 0 atom stereocenters. The smallest absolute Gasteiger partial charge is 0.263 e. The number of benzene rings is 1. The van der Waals surface area contributed by atoms with Gasteiger partial charge in [-0.25, -0.2) is 0 Å². The fourth-order valence-electron chi connectivity index (χ4n) is 1.68. The van der Waals surface area contributed by atoms with E-state index in [1.165, 1.54) is 6.20 Å². The Hall–Kier alpha value is -2.36. The number of nitrogens with one attached hydrogen (secondary N) is 2. The molecule has 0 spiro atoms. The van der Waals surface area contributed by atoms with Gasteiger partial charge in [-0.2, -0.15) is 5.26 Å². The van der Waals surface area contributed by atoms with Crippen LogP contribution in [0, 0.1) is 11.3 Å². The first-order valence-corrected chi connectivity index (χ1v) is 7.12. The van der Waals surface area contributed by atoms with Gasteiger partial charge in [0.25, 0.3) is 5.91 Å². The van der Waals surface area contributed by atoms with Gasteiger partial charge < -0.3 is 20.5 Å². The zero-order valence-corrected chi connectivity index (χ0v) is 12.4. The van der Waals surface area contributed by atoms with Gasteiger partial charge >= 0.3 is 0 Å². The first-order chi connectivity index (χ1) is 10.8. The first-order valence-electron chi connectivity index (χ1n) is 7.12. The summed E-state index contributed by atoms with van der Waals surface area (Å²) in [6.07, 6.45) is 2.09. The fourth-order valence-corrected chi connectivity index (χ4v) is 1.68. The van der Waals surface area contributed by atoms with Crippen LogP contribution in [0.1, 0.15) is 5.56 Å². The molecule has 0 aliphatic heterocycles. The van der Waals surface area contributed by atoms with E-state index in [2.05, 4.69) is 10.6 Å². The van der Waals surface area contributed by atoms with E-state index in [0.29, 0.717) is 26.1 Å². The number of ether oxygens (including phenoxy) is 1. The van der Waals surface area contributed by atoms with Crippen LogP contribution in [-0.4, -0.2) is 43.9 Å². The Balaban J connectivity index is 2.27. The minimum absolute atomic E-state index is 0.0234. The highest BCUT2D eigenvalue weighted by Crippen LogP contribution is 1.98. The van der Waals surface area contributed by atoms with Crippen LogP contribution in [-0.2, 0) is 16.0 Å². The van der Waals surface area contributed by atoms with Crippen LogP contribution in [0.25, 0.3) is 0 Å². The molecule has 0 bridgehead atoms. The van der Waals surface area contributed by atoms with Gasteiger partial charge in [-0.3, -0.25) is 4.79 Å². The van der Waals surface area contributed by atoms with E-state index in [0.717, 1.165) is 5.56 Å². The molecule has 22 heavy (non-hydrogen) atoms. The summed E-state index contributed by atoms with van der Waals surface area (Å²) in [5, 5.41) is 23.0. The van der Waals surface area contributed by atoms with Crippen molar-refractivity contribution in [3.63, 3.8) is 0 Å². The molecule has 1 amide bonds. The SMILES string of the molecule is N#C/C(=C/NCCOCCO)C(=O)NCCc1ccccc1. The van der Waals surface area contributed by atoms with E-state index < -0.39 is 5.91 Å². The topological polar surface area (TPSA) is 94.4 Å². The number of nitriles is 1. The molecule has 0 aromatic heterocycles. The quantitative estimate of drug-likeness (QED) is 0.329. The number of carbonyl (C=O) groups is 1. The molecule has 0 unspecified atom stereocenters. The third-order valence-electron chi connectivity index (χ3n) is 2.78. The van der Waals surface area contributed by atoms with Crippen LogP contribution in [0.5, 0.6) is 0 Å². The lowest BCUT2D eigenvalue weighted by Crippen LogP contribution is -2.28. The lowest BCUT2D eigenvalue weighted by molar-refractivity contribution is -0.117. The van der Waals surface area contributed by atoms with Gasteiger partial charge in [0.2, 0.25) is 0 Å². The first kappa shape index (κ1) is 17.7. The zero-order chi connectivity index (χ0) is 16.0. The summed E-state index contributed by atoms with van der Waals surface area (Å²) in [5.41, 5.74) is 1.15. The lowest BCUT2D eigenvalue weighted by atomic mass is 10.1. The van der Waals surface area contributed by atoms with Gasteiger partial charge in [0.1, 0.15) is 11.6 Å². The molecule has 6 nitrogen and oxygen atoms in total. The molecule has 0 heterocycles. The van der Waals surface area contributed by atoms with Gasteiger partial charge in [0, 0.05) is 19.3 Å². The fraction of sp³-hybridized carbons (Fsp3) is 0.375. The Morgan fingerprint density at radius 3 is 2.73 bits per heavy atom. The monoisotopic (exact) mass is 303 g/mol. The van der Waals surface area contributed by atoms with Crippen molar-refractivity contribution in [2.24, 2.45) is 0 Å². The highest BCUT2D eigenvalue weighted by molar-refractivity contribution is 5.97. The Labute approximate surface area is 130 Å². The van der Waals surface area contributed by atoms with Gasteiger partial charge in [-0.15, -0.1) is 0 Å². The molecule has 0 saturated heterocycles. The summed E-state index contributed by atoms with van der Waals surface area (Å²) in [6, 6.07) is 11.7. The predicted molar refractivity (Wildman–Crippen MR) is 82.8 cm³/mol. The molecular weight excluding hydrogens is 282 g/mol. The molecule has 1 aromatic carbocycles. The molecule has 0 aliphatic rings. The van der Waals surface area contributed by atoms with Crippen LogP contribution in [0.15, 0.2) is 42.1 Å². The summed E-state index contributed by atoms with van der Waals surface area (Å²) in [6.45, 7) is 1.58. The van der Waals surface area contributed by atoms with Crippen molar-refractivity contribution in [1.29, 1.82) is 5.26 Å². The highest BCUT2D eigenvalue weighted by atomic mass is 16.5. The molecule has 0 radical (unpaired) electrons. The minimum atomic E-state index is -0.401. The number of hydrogen-bond donors (Lipinski definition) is 3. The Morgan fingerprint density at radius 1 is 1.27 bits per heavy atom. The van der Waals surface area contributed by atoms with Crippen LogP contribution < -0.4 is 10.6 Å². The molecule has 6 heteroatoms. The largest absolute Gasteiger partial charge is 0.394 e. The van der Waals surface area contributed by atoms with E-state index in [9.17, 15) is 4.79 Å². The van der Waals surface area contributed by atoms with Crippen molar-refractivity contribution >= 4 is 5.91 Å². The van der Waals surface area contributed by atoms with Crippen LogP contribution in [0.3, 0.4) is 0 Å². The maximum atomic E-state index is 11.8. The number of carbonyl (C=O) groups excluding carboxylic acids is 1. The van der Waals surface area contributed by atoms with Gasteiger partial charge in [0.05, 0.1) is 19.8 Å². The molecular formula is C16H21N3O3. The molecule has 0 saturated carbocycles. The van der Waals surface area contributed by atoms with E-state index in [4.69, 9.17) is 15.1 Å². The standard InChI is InChI=1S/C16H21N3O3/c17-12-15(13-18-8-10-22-11-9-20)16(21)19-7-6-14-4-2-1-3-5-14/h1-5,13,18,20H,6-11H2,(H,19,21)/b15-13-. The normalized spacial score (nSPS) is 10.8. The zero-order valence-electron chi connectivity index (χ0n) is 12.4. The van der Waals surface area contributed by atoms with Crippen LogP contribution in [0.4, 0.5) is 0 Å². The number of rotatable bonds is 10. The summed E-state index contributed by atoms with van der Waals surface area (Å²) in [7, 11) is 0. The van der Waals surface area contributed by atoms with Crippen molar-refractivity contribution in [3.8, 4) is 6.07 Å². The van der Waals surface area contributed by atoms with E-state index in [1.807, 2.05) is 36.4 Å². The molecule has 1 aromatic rings. The number of nitrogens with zero attached hydrogens (tertiary/aromatic N) is 1. The van der Waals surface area contributed by atoms with Crippen molar-refractivity contribution in [2.75, 3.05) is 32.9 Å². The van der Waals surface area contributed by atoms with Gasteiger partial charge in [-0.05, 0) is 12.0 Å². The second kappa shape index (κ2) is 11.3. The van der Waals surface area contributed by atoms with Crippen molar-refractivity contribution in [1.82, 2.24) is 10.6 Å².